The molecule has 7 rings (SSSR count). The van der Waals surface area contributed by atoms with Crippen molar-refractivity contribution in [3.63, 3.8) is 0 Å². The predicted molar refractivity (Wildman–Crippen MR) is 170 cm³/mol. The molecule has 4 aliphatic carbocycles. The van der Waals surface area contributed by atoms with Gasteiger partial charge in [0.15, 0.2) is 22.4 Å². The molecule has 0 radical (unpaired) electrons. The predicted octanol–water partition coefficient (Wildman–Crippen LogP) is 6.58. The van der Waals surface area contributed by atoms with Crippen molar-refractivity contribution in [3.05, 3.63) is 56.4 Å². The summed E-state index contributed by atoms with van der Waals surface area (Å²) in [6.07, 6.45) is 8.12. The fraction of sp³-hybridized carbons (Fsp3) is 0.400. The monoisotopic (exact) mass is 689 g/mol. The zero-order valence-corrected chi connectivity index (χ0v) is 26.8. The van der Waals surface area contributed by atoms with Gasteiger partial charge in [-0.3, -0.25) is 19.8 Å². The van der Waals surface area contributed by atoms with Gasteiger partial charge in [0.25, 0.3) is 11.8 Å². The van der Waals surface area contributed by atoms with Crippen molar-refractivity contribution in [2.45, 2.75) is 38.5 Å². The zero-order chi connectivity index (χ0) is 29.6. The molecule has 0 spiro atoms. The molecule has 5 fully saturated rings. The Morgan fingerprint density at radius 2 is 1.81 bits per heavy atom. The summed E-state index contributed by atoms with van der Waals surface area (Å²) in [7, 11) is 1.50. The SMILES string of the molecule is COc1cc(/C=C2/SC(=S)N(NC(=O)C34CC5CC(CC(C5)C3)C4)C2=O)ccc1OCC(=O)Nc1ccc(Br)c(Cl)c1. The van der Waals surface area contributed by atoms with Gasteiger partial charge in [-0.2, -0.15) is 5.01 Å². The number of halogens is 2. The van der Waals surface area contributed by atoms with E-state index in [4.69, 9.17) is 33.3 Å². The van der Waals surface area contributed by atoms with E-state index in [1.165, 1.54) is 31.4 Å². The van der Waals surface area contributed by atoms with E-state index in [0.717, 1.165) is 35.5 Å². The van der Waals surface area contributed by atoms with Crippen molar-refractivity contribution >= 4 is 85.3 Å². The number of hydrazine groups is 1. The summed E-state index contributed by atoms with van der Waals surface area (Å²) in [5, 5.41) is 4.43. The number of hydrogen-bond acceptors (Lipinski definition) is 7. The summed E-state index contributed by atoms with van der Waals surface area (Å²) in [5.41, 5.74) is 3.73. The molecule has 1 heterocycles. The van der Waals surface area contributed by atoms with Crippen LogP contribution >= 0.6 is 51.5 Å². The lowest BCUT2D eigenvalue weighted by atomic mass is 9.49. The average Bonchev–Trinajstić information content (AvgIpc) is 3.20. The number of benzene rings is 2. The minimum absolute atomic E-state index is 0.0745. The first kappa shape index (κ1) is 29.5. The lowest BCUT2D eigenvalue weighted by molar-refractivity contribution is -0.152. The van der Waals surface area contributed by atoms with Crippen LogP contribution in [-0.4, -0.2) is 40.8 Å². The van der Waals surface area contributed by atoms with E-state index in [2.05, 4.69) is 26.7 Å². The van der Waals surface area contributed by atoms with Crippen LogP contribution in [0.25, 0.3) is 6.08 Å². The Morgan fingerprint density at radius 1 is 1.12 bits per heavy atom. The van der Waals surface area contributed by atoms with Gasteiger partial charge in [0.1, 0.15) is 0 Å². The molecule has 8 nitrogen and oxygen atoms in total. The molecule has 0 aromatic heterocycles. The highest BCUT2D eigenvalue weighted by atomic mass is 79.9. The molecule has 1 aliphatic heterocycles. The minimum atomic E-state index is -0.382. The van der Waals surface area contributed by atoms with Crippen molar-refractivity contribution in [1.29, 1.82) is 0 Å². The van der Waals surface area contributed by atoms with Crippen LogP contribution in [0, 0.1) is 23.2 Å². The second kappa shape index (κ2) is 11.8. The van der Waals surface area contributed by atoms with Crippen molar-refractivity contribution < 1.29 is 23.9 Å². The van der Waals surface area contributed by atoms with Crippen LogP contribution in [0.3, 0.4) is 0 Å². The van der Waals surface area contributed by atoms with E-state index in [-0.39, 0.29) is 29.7 Å². The zero-order valence-electron chi connectivity index (χ0n) is 22.8. The molecule has 4 bridgehead atoms. The Hall–Kier alpha value is -2.60. The molecule has 12 heteroatoms. The number of nitrogens with zero attached hydrogens (tertiary/aromatic N) is 1. The number of thioether (sulfide) groups is 1. The molecule has 2 aromatic carbocycles. The van der Waals surface area contributed by atoms with Gasteiger partial charge in [-0.05, 0) is 126 Å². The van der Waals surface area contributed by atoms with E-state index in [0.29, 0.717) is 54.8 Å². The molecule has 220 valence electrons. The largest absolute Gasteiger partial charge is 0.493 e. The van der Waals surface area contributed by atoms with Crippen LogP contribution in [-0.2, 0) is 14.4 Å². The first-order chi connectivity index (χ1) is 20.1. The molecule has 4 saturated carbocycles. The molecule has 2 aromatic rings. The second-order valence-corrected chi connectivity index (χ2v) is 14.5. The number of anilines is 1. The Labute approximate surface area is 267 Å². The molecule has 3 amide bonds. The van der Waals surface area contributed by atoms with Crippen molar-refractivity contribution in [2.75, 3.05) is 19.0 Å². The van der Waals surface area contributed by atoms with E-state index >= 15 is 0 Å². The maximum absolute atomic E-state index is 13.5. The molecule has 0 atom stereocenters. The summed E-state index contributed by atoms with van der Waals surface area (Å²) in [6.45, 7) is -0.245. The number of ether oxygens (including phenoxy) is 2. The average molecular weight is 691 g/mol. The van der Waals surface area contributed by atoms with Gasteiger partial charge in [-0.15, -0.1) is 0 Å². The molecule has 5 aliphatic rings. The highest BCUT2D eigenvalue weighted by Crippen LogP contribution is 2.60. The van der Waals surface area contributed by atoms with Crippen LogP contribution in [0.4, 0.5) is 5.69 Å². The Morgan fingerprint density at radius 3 is 2.45 bits per heavy atom. The van der Waals surface area contributed by atoms with Crippen molar-refractivity contribution in [3.8, 4) is 11.5 Å². The van der Waals surface area contributed by atoms with E-state index < -0.39 is 0 Å². The molecular formula is C30H29BrClN3O5S2. The Kier molecular flexibility index (Phi) is 8.30. The third-order valence-corrected chi connectivity index (χ3v) is 11.1. The van der Waals surface area contributed by atoms with Gasteiger partial charge in [-0.1, -0.05) is 29.4 Å². The summed E-state index contributed by atoms with van der Waals surface area (Å²) < 4.78 is 12.2. The Balaban J connectivity index is 1.09. The summed E-state index contributed by atoms with van der Waals surface area (Å²) in [5.74, 6) is 1.84. The van der Waals surface area contributed by atoms with Gasteiger partial charge in [-0.25, -0.2) is 0 Å². The molecular weight excluding hydrogens is 662 g/mol. The van der Waals surface area contributed by atoms with E-state index in [1.54, 1.807) is 42.5 Å². The number of amides is 3. The number of nitrogens with one attached hydrogen (secondary N) is 2. The highest BCUT2D eigenvalue weighted by molar-refractivity contribution is 9.10. The number of methoxy groups -OCH3 is 1. The second-order valence-electron chi connectivity index (χ2n) is 11.5. The Bertz CT molecular complexity index is 1480. The maximum atomic E-state index is 13.5. The molecule has 42 heavy (non-hydrogen) atoms. The van der Waals surface area contributed by atoms with Gasteiger partial charge in [0.2, 0.25) is 5.91 Å². The van der Waals surface area contributed by atoms with Gasteiger partial charge >= 0.3 is 0 Å². The molecule has 0 unspecified atom stereocenters. The number of rotatable bonds is 8. The topological polar surface area (TPSA) is 97.0 Å². The van der Waals surface area contributed by atoms with Gasteiger partial charge in [0.05, 0.1) is 22.5 Å². The quantitative estimate of drug-likeness (QED) is 0.239. The van der Waals surface area contributed by atoms with Crippen LogP contribution < -0.4 is 20.2 Å². The maximum Gasteiger partial charge on any atom is 0.285 e. The third-order valence-electron chi connectivity index (χ3n) is 8.57. The van der Waals surface area contributed by atoms with Crippen molar-refractivity contribution in [2.24, 2.45) is 23.2 Å². The van der Waals surface area contributed by atoms with E-state index in [9.17, 15) is 14.4 Å². The number of carbonyl (C=O) groups is 3. The van der Waals surface area contributed by atoms with Crippen LogP contribution in [0.5, 0.6) is 11.5 Å². The lowest BCUT2D eigenvalue weighted by Gasteiger charge is -2.55. The summed E-state index contributed by atoms with van der Waals surface area (Å²) in [4.78, 5) is 39.6. The van der Waals surface area contributed by atoms with Gasteiger partial charge in [0, 0.05) is 10.2 Å². The summed E-state index contributed by atoms with van der Waals surface area (Å²) >= 11 is 16.0. The normalized spacial score (nSPS) is 27.0. The lowest BCUT2D eigenvalue weighted by Crippen LogP contribution is -2.57. The third kappa shape index (κ3) is 5.93. The van der Waals surface area contributed by atoms with E-state index in [1.807, 2.05) is 0 Å². The first-order valence-electron chi connectivity index (χ1n) is 13.8. The number of hydrogen-bond donors (Lipinski definition) is 2. The van der Waals surface area contributed by atoms with Gasteiger partial charge < -0.3 is 14.8 Å². The number of carbonyl (C=O) groups excluding carboxylic acids is 3. The van der Waals surface area contributed by atoms with Crippen molar-refractivity contribution in [1.82, 2.24) is 10.4 Å². The van der Waals surface area contributed by atoms with Crippen LogP contribution in [0.1, 0.15) is 44.1 Å². The molecule has 1 saturated heterocycles. The fourth-order valence-electron chi connectivity index (χ4n) is 7.13. The smallest absolute Gasteiger partial charge is 0.285 e. The molecule has 2 N–H and O–H groups in total. The van der Waals surface area contributed by atoms with Crippen LogP contribution in [0.2, 0.25) is 5.02 Å². The standard InChI is InChI=1S/C30H29BrClN3O5S2/c1-39-24-9-16(2-5-23(24)40-15-26(36)33-20-3-4-21(31)22(32)11-20)10-25-27(37)35(29(41)42-25)34-28(38)30-12-17-6-18(13-30)8-19(7-17)14-30/h2-5,9-11,17-19H,6-8,12-15H2,1H3,(H,33,36)(H,34,38)/b25-10+. The first-order valence-corrected chi connectivity index (χ1v) is 16.2. The number of thiocarbonyl (C=S) groups is 1. The minimum Gasteiger partial charge on any atom is -0.493 e. The van der Waals surface area contributed by atoms with Crippen LogP contribution in [0.15, 0.2) is 45.8 Å². The highest BCUT2D eigenvalue weighted by Gasteiger charge is 2.55. The summed E-state index contributed by atoms with van der Waals surface area (Å²) in [6, 6.07) is 10.2. The fourth-order valence-corrected chi connectivity index (χ4v) is 8.74.